The number of aliphatic carboxylic acids is 1. The number of aromatic amines is 2. The van der Waals surface area contributed by atoms with Gasteiger partial charge in [-0.1, -0.05) is 20.3 Å². The predicted octanol–water partition coefficient (Wildman–Crippen LogP) is -7.53. The highest BCUT2D eigenvalue weighted by molar-refractivity contribution is 7.80. The molecule has 0 radical (unpaired) electrons. The van der Waals surface area contributed by atoms with E-state index in [1.165, 1.54) is 25.0 Å². The van der Waals surface area contributed by atoms with E-state index in [2.05, 4.69) is 87.7 Å². The molecule has 394 valence electrons. The zero-order chi connectivity index (χ0) is 53.2. The number of aliphatic hydroxyl groups is 1. The van der Waals surface area contributed by atoms with E-state index in [0.29, 0.717) is 37.2 Å². The number of carbonyl (C=O) groups is 11. The van der Waals surface area contributed by atoms with Gasteiger partial charge in [-0.05, 0) is 25.3 Å². The number of imidazole rings is 2. The van der Waals surface area contributed by atoms with E-state index in [9.17, 15) is 57.8 Å². The molecule has 0 spiro atoms. The molecule has 0 aliphatic heterocycles. The molecular formula is C40H64N16O13S2. The van der Waals surface area contributed by atoms with Crippen molar-refractivity contribution in [3.05, 3.63) is 36.4 Å². The summed E-state index contributed by atoms with van der Waals surface area (Å²) in [4.78, 5) is 155. The van der Waals surface area contributed by atoms with Crippen LogP contribution in [0, 0.1) is 5.92 Å². The number of rotatable bonds is 33. The van der Waals surface area contributed by atoms with Crippen molar-refractivity contribution < 1.29 is 63.0 Å². The second kappa shape index (κ2) is 31.4. The molecule has 0 saturated heterocycles. The first-order valence-electron chi connectivity index (χ1n) is 22.0. The predicted molar refractivity (Wildman–Crippen MR) is 256 cm³/mol. The number of hydrogen-bond acceptors (Lipinski definition) is 18. The number of H-pyrrole nitrogens is 2. The van der Waals surface area contributed by atoms with Crippen molar-refractivity contribution in [2.75, 3.05) is 37.7 Å². The molecule has 2 heterocycles. The second-order valence-corrected chi connectivity index (χ2v) is 16.9. The number of carboxylic acid groups (broad SMARTS) is 1. The van der Waals surface area contributed by atoms with E-state index in [1.807, 2.05) is 5.32 Å². The average molecular weight is 1040 g/mol. The van der Waals surface area contributed by atoms with Crippen molar-refractivity contribution in [1.82, 2.24) is 67.8 Å². The summed E-state index contributed by atoms with van der Waals surface area (Å²) >= 11 is 8.25. The third-order valence-corrected chi connectivity index (χ3v) is 10.9. The molecule has 10 amide bonds. The van der Waals surface area contributed by atoms with Crippen LogP contribution in [-0.4, -0.2) is 181 Å². The van der Waals surface area contributed by atoms with Crippen LogP contribution in [0.15, 0.2) is 25.0 Å². The highest BCUT2D eigenvalue weighted by Gasteiger charge is 2.34. The van der Waals surface area contributed by atoms with Gasteiger partial charge in [0.05, 0.1) is 44.8 Å². The number of nitrogens with two attached hydrogens (primary N) is 3. The van der Waals surface area contributed by atoms with Crippen molar-refractivity contribution in [3.63, 3.8) is 0 Å². The number of amides is 10. The molecule has 2 aromatic heterocycles. The van der Waals surface area contributed by atoms with Crippen LogP contribution in [0.25, 0.3) is 0 Å². The van der Waals surface area contributed by atoms with Gasteiger partial charge >= 0.3 is 5.97 Å². The van der Waals surface area contributed by atoms with E-state index in [1.54, 1.807) is 13.8 Å². The van der Waals surface area contributed by atoms with Crippen molar-refractivity contribution >= 4 is 90.3 Å². The van der Waals surface area contributed by atoms with Crippen LogP contribution < -0.4 is 65.1 Å². The van der Waals surface area contributed by atoms with Gasteiger partial charge in [0, 0.05) is 48.1 Å². The summed E-state index contributed by atoms with van der Waals surface area (Å²) in [6.45, 7) is 1.09. The third kappa shape index (κ3) is 21.8. The number of primary amides is 1. The Labute approximate surface area is 417 Å². The summed E-state index contributed by atoms with van der Waals surface area (Å²) in [5.41, 5.74) is 17.5. The first kappa shape index (κ1) is 60.3. The number of aliphatic hydroxyl groups excluding tert-OH is 1. The molecular weight excluding hydrogens is 977 g/mol. The lowest BCUT2D eigenvalue weighted by Crippen LogP contribution is -2.60. The summed E-state index contributed by atoms with van der Waals surface area (Å²) in [6.07, 6.45) is 5.95. The van der Waals surface area contributed by atoms with E-state index < -0.39 is 145 Å². The van der Waals surface area contributed by atoms with Crippen LogP contribution in [0.5, 0.6) is 0 Å². The van der Waals surface area contributed by atoms with Gasteiger partial charge in [0.15, 0.2) is 0 Å². The maximum absolute atomic E-state index is 13.5. The quantitative estimate of drug-likeness (QED) is 0.0233. The fourth-order valence-corrected chi connectivity index (χ4v) is 6.73. The van der Waals surface area contributed by atoms with E-state index in [4.69, 9.17) is 22.3 Å². The first-order valence-corrected chi connectivity index (χ1v) is 23.3. The molecule has 0 bridgehead atoms. The maximum Gasteiger partial charge on any atom is 0.328 e. The summed E-state index contributed by atoms with van der Waals surface area (Å²) in [6, 6.07) is -11.1. The molecule has 71 heavy (non-hydrogen) atoms. The van der Waals surface area contributed by atoms with Gasteiger partial charge < -0.3 is 85.2 Å². The highest BCUT2D eigenvalue weighted by Crippen LogP contribution is 2.06. The zero-order valence-electron chi connectivity index (χ0n) is 38.9. The van der Waals surface area contributed by atoms with Gasteiger partial charge in [-0.25, -0.2) is 14.8 Å². The van der Waals surface area contributed by atoms with Gasteiger partial charge in [-0.15, -0.1) is 0 Å². The normalized spacial score (nSPS) is 14.4. The molecule has 0 aliphatic carbocycles. The van der Waals surface area contributed by atoms with Crippen molar-refractivity contribution in [2.45, 2.75) is 101 Å². The number of carbonyl (C=O) groups excluding carboxylic acids is 10. The molecule has 29 nitrogen and oxygen atoms in total. The van der Waals surface area contributed by atoms with Crippen LogP contribution in [0.4, 0.5) is 0 Å². The lowest BCUT2D eigenvalue weighted by atomic mass is 10.0. The molecule has 0 unspecified atom stereocenters. The molecule has 0 aromatic carbocycles. The summed E-state index contributed by atoms with van der Waals surface area (Å²) in [7, 11) is 0. The monoisotopic (exact) mass is 1040 g/mol. The SMILES string of the molecule is CC(C)[C@H](NC(=O)CNC(=O)[C@H](Cc1cnc[nH]1)NC(=O)CNC(=O)[C@H](Cc1cnc[nH]1)NC(=O)[C@H](CS)NC(=O)[C@@H](N)CCCCN)C(=O)N[C@@H](CS)C(=O)N[C@@H](CC(N)=O)C(=O)N[C@@H](CO)C(=O)O. The molecule has 0 aliphatic rings. The van der Waals surface area contributed by atoms with Crippen molar-refractivity contribution in [1.29, 1.82) is 0 Å². The Balaban J connectivity index is 2.10. The highest BCUT2D eigenvalue weighted by atomic mass is 32.1. The number of unbranched alkanes of at least 4 members (excludes halogenated alkanes) is 1. The van der Waals surface area contributed by atoms with Crippen LogP contribution >= 0.6 is 25.3 Å². The summed E-state index contributed by atoms with van der Waals surface area (Å²) in [5.74, 6) is -11.8. The minimum Gasteiger partial charge on any atom is -0.480 e. The van der Waals surface area contributed by atoms with Gasteiger partial charge in [0.2, 0.25) is 59.1 Å². The van der Waals surface area contributed by atoms with Crippen LogP contribution in [0.1, 0.15) is 50.9 Å². The van der Waals surface area contributed by atoms with E-state index >= 15 is 0 Å². The number of nitrogens with zero attached hydrogens (tertiary/aromatic N) is 2. The number of thiol groups is 2. The molecule has 8 atom stereocenters. The average Bonchev–Trinajstić information content (AvgIpc) is 4.05. The first-order chi connectivity index (χ1) is 33.6. The van der Waals surface area contributed by atoms with Gasteiger partial charge in [0.25, 0.3) is 0 Å². The second-order valence-electron chi connectivity index (χ2n) is 16.2. The number of nitrogens with one attached hydrogen (secondary N) is 11. The molecule has 2 rings (SSSR count). The van der Waals surface area contributed by atoms with Gasteiger partial charge in [0.1, 0.15) is 42.3 Å². The fourth-order valence-electron chi connectivity index (χ4n) is 6.22. The topological polar surface area (TPSA) is 472 Å². The van der Waals surface area contributed by atoms with E-state index in [-0.39, 0.29) is 24.3 Å². The lowest BCUT2D eigenvalue weighted by Gasteiger charge is -2.26. The fraction of sp³-hybridized carbons (Fsp3) is 0.575. The molecule has 0 saturated carbocycles. The minimum absolute atomic E-state index is 0.119. The van der Waals surface area contributed by atoms with Crippen LogP contribution in [0.3, 0.4) is 0 Å². The van der Waals surface area contributed by atoms with Gasteiger partial charge in [-0.2, -0.15) is 25.3 Å². The number of hydrogen-bond donors (Lipinski definition) is 18. The number of carboxylic acids is 1. The minimum atomic E-state index is -1.78. The van der Waals surface area contributed by atoms with Gasteiger partial charge in [-0.3, -0.25) is 47.9 Å². The van der Waals surface area contributed by atoms with Crippen molar-refractivity contribution in [2.24, 2.45) is 23.1 Å². The third-order valence-electron chi connectivity index (χ3n) is 10.1. The Morgan fingerprint density at radius 2 is 1.07 bits per heavy atom. The Bertz CT molecular complexity index is 2120. The van der Waals surface area contributed by atoms with E-state index in [0.717, 1.165) is 0 Å². The standard InChI is InChI=1S/C40H64N16O13S2/c1-19(2)32(39(67)55-28(16-71)38(66)52-25(9-29(43)58)36(64)53-26(14-57)40(68)69)56-31(60)13-47-34(62)23(7-20-10-44-17-48-20)50-30(59)12-46-35(63)24(8-21-11-45-18-49-21)51-37(65)27(15-70)54-33(61)22(42)5-3-4-6-41/h10-11,17-19,22-28,32,57,70-71H,3-9,12-16,41-42H2,1-2H3,(H2,43,58)(H,44,48)(H,45,49)(H,46,63)(H,47,62)(H,50,59)(H,51,65)(H,52,66)(H,53,64)(H,54,61)(H,55,67)(H,56,60)(H,68,69)/t22-,23-,24-,25-,26-,27-,28-,32-/m0/s1. The largest absolute Gasteiger partial charge is 0.480 e. The Kier molecular flexibility index (Phi) is 26.7. The zero-order valence-corrected chi connectivity index (χ0v) is 40.7. The molecule has 2 aromatic rings. The summed E-state index contributed by atoms with van der Waals surface area (Å²) < 4.78 is 0. The summed E-state index contributed by atoms with van der Waals surface area (Å²) in [5, 5.41) is 39.7. The van der Waals surface area contributed by atoms with Crippen LogP contribution in [-0.2, 0) is 65.6 Å². The molecule has 0 fully saturated rings. The maximum atomic E-state index is 13.5. The number of aromatic nitrogens is 4. The Morgan fingerprint density at radius 3 is 1.51 bits per heavy atom. The molecule has 19 N–H and O–H groups in total. The Morgan fingerprint density at radius 1 is 0.620 bits per heavy atom. The van der Waals surface area contributed by atoms with Crippen molar-refractivity contribution in [3.8, 4) is 0 Å². The van der Waals surface area contributed by atoms with Crippen LogP contribution in [0.2, 0.25) is 0 Å². The lowest BCUT2D eigenvalue weighted by molar-refractivity contribution is -0.143. The smallest absolute Gasteiger partial charge is 0.328 e. The Hall–Kier alpha value is -6.83. The molecule has 31 heteroatoms.